The number of benzene rings is 2. The molecule has 0 aliphatic rings. The van der Waals surface area contributed by atoms with Crippen LogP contribution in [0.25, 0.3) is 11.1 Å². The maximum absolute atomic E-state index is 12.9. The summed E-state index contributed by atoms with van der Waals surface area (Å²) in [6.07, 6.45) is 0. The summed E-state index contributed by atoms with van der Waals surface area (Å²) < 4.78 is 13.7. The van der Waals surface area contributed by atoms with E-state index in [4.69, 9.17) is 5.11 Å². The van der Waals surface area contributed by atoms with Gasteiger partial charge in [-0.1, -0.05) is 40.2 Å². The third-order valence-corrected chi connectivity index (χ3v) is 3.67. The third-order valence-electron chi connectivity index (χ3n) is 3.02. The highest BCUT2D eigenvalue weighted by Gasteiger charge is 2.15. The van der Waals surface area contributed by atoms with E-state index < -0.39 is 11.9 Å². The molecule has 19 heavy (non-hydrogen) atoms. The zero-order chi connectivity index (χ0) is 14.0. The number of carboxylic acid groups (broad SMARTS) is 1. The van der Waals surface area contributed by atoms with E-state index in [-0.39, 0.29) is 5.82 Å². The van der Waals surface area contributed by atoms with E-state index >= 15 is 0 Å². The molecule has 98 valence electrons. The molecule has 2 aromatic carbocycles. The van der Waals surface area contributed by atoms with Crippen LogP contribution >= 0.6 is 15.9 Å². The van der Waals surface area contributed by atoms with E-state index in [2.05, 4.69) is 15.9 Å². The summed E-state index contributed by atoms with van der Waals surface area (Å²) >= 11 is 3.43. The Morgan fingerprint density at radius 2 is 1.84 bits per heavy atom. The number of halogens is 2. The number of carbonyl (C=O) groups is 1. The Labute approximate surface area is 119 Å². The standard InChI is InChI=1S/C15H12BrFO2/c1-9(15(18)19)11-4-7-13(14(16)8-11)10-2-5-12(17)6-3-10/h2-9H,1H3,(H,18,19). The van der Waals surface area contributed by atoms with Crippen molar-refractivity contribution >= 4 is 21.9 Å². The molecular formula is C15H12BrFO2. The Morgan fingerprint density at radius 3 is 2.37 bits per heavy atom. The third kappa shape index (κ3) is 3.01. The first-order valence-corrected chi connectivity index (χ1v) is 6.56. The average molecular weight is 323 g/mol. The van der Waals surface area contributed by atoms with Gasteiger partial charge in [0, 0.05) is 4.47 Å². The van der Waals surface area contributed by atoms with Crippen molar-refractivity contribution in [3.8, 4) is 11.1 Å². The zero-order valence-electron chi connectivity index (χ0n) is 10.2. The van der Waals surface area contributed by atoms with Crippen LogP contribution in [0.5, 0.6) is 0 Å². The van der Waals surface area contributed by atoms with E-state index in [1.165, 1.54) is 12.1 Å². The van der Waals surface area contributed by atoms with Crippen molar-refractivity contribution in [3.63, 3.8) is 0 Å². The molecule has 0 aliphatic carbocycles. The molecule has 0 saturated carbocycles. The van der Waals surface area contributed by atoms with E-state index in [1.807, 2.05) is 6.07 Å². The second kappa shape index (κ2) is 5.53. The van der Waals surface area contributed by atoms with Gasteiger partial charge in [0.05, 0.1) is 5.92 Å². The molecule has 2 nitrogen and oxygen atoms in total. The van der Waals surface area contributed by atoms with Crippen LogP contribution in [0, 0.1) is 5.82 Å². The maximum atomic E-state index is 12.9. The maximum Gasteiger partial charge on any atom is 0.310 e. The second-order valence-electron chi connectivity index (χ2n) is 4.31. The molecule has 0 spiro atoms. The first-order valence-electron chi connectivity index (χ1n) is 5.77. The van der Waals surface area contributed by atoms with Gasteiger partial charge in [-0.3, -0.25) is 4.79 Å². The van der Waals surface area contributed by atoms with Crippen molar-refractivity contribution in [2.75, 3.05) is 0 Å². The summed E-state index contributed by atoms with van der Waals surface area (Å²) in [5, 5.41) is 8.99. The summed E-state index contributed by atoms with van der Waals surface area (Å²) in [6.45, 7) is 1.64. The number of hydrogen-bond donors (Lipinski definition) is 1. The second-order valence-corrected chi connectivity index (χ2v) is 5.16. The quantitative estimate of drug-likeness (QED) is 0.906. The minimum atomic E-state index is -0.860. The van der Waals surface area contributed by atoms with Gasteiger partial charge in [0.25, 0.3) is 0 Å². The van der Waals surface area contributed by atoms with Gasteiger partial charge >= 0.3 is 5.97 Å². The molecule has 1 atom stereocenters. The molecule has 4 heteroatoms. The fourth-order valence-corrected chi connectivity index (χ4v) is 2.43. The summed E-state index contributed by atoms with van der Waals surface area (Å²) in [6, 6.07) is 11.6. The van der Waals surface area contributed by atoms with Gasteiger partial charge in [-0.15, -0.1) is 0 Å². The minimum Gasteiger partial charge on any atom is -0.481 e. The molecule has 1 unspecified atom stereocenters. The van der Waals surface area contributed by atoms with Gasteiger partial charge in [0.2, 0.25) is 0 Å². The molecule has 0 fully saturated rings. The minimum absolute atomic E-state index is 0.281. The highest BCUT2D eigenvalue weighted by molar-refractivity contribution is 9.10. The summed E-state index contributed by atoms with van der Waals surface area (Å²) in [7, 11) is 0. The van der Waals surface area contributed by atoms with Crippen LogP contribution in [0.15, 0.2) is 46.9 Å². The molecule has 0 heterocycles. The van der Waals surface area contributed by atoms with Crippen molar-refractivity contribution < 1.29 is 14.3 Å². The predicted molar refractivity (Wildman–Crippen MR) is 75.6 cm³/mol. The van der Waals surface area contributed by atoms with Crippen molar-refractivity contribution in [2.24, 2.45) is 0 Å². The molecule has 0 radical (unpaired) electrons. The van der Waals surface area contributed by atoms with E-state index in [9.17, 15) is 9.18 Å². The fourth-order valence-electron chi connectivity index (χ4n) is 1.81. The van der Waals surface area contributed by atoms with E-state index in [0.717, 1.165) is 21.2 Å². The molecule has 0 amide bonds. The number of hydrogen-bond acceptors (Lipinski definition) is 1. The van der Waals surface area contributed by atoms with Crippen LogP contribution in [0.2, 0.25) is 0 Å². The Bertz CT molecular complexity index is 608. The number of rotatable bonds is 3. The van der Waals surface area contributed by atoms with Gasteiger partial charge in [-0.2, -0.15) is 0 Å². The lowest BCUT2D eigenvalue weighted by Crippen LogP contribution is -2.07. The first kappa shape index (κ1) is 13.7. The normalized spacial score (nSPS) is 12.2. The van der Waals surface area contributed by atoms with Crippen LogP contribution in [0.4, 0.5) is 4.39 Å². The molecule has 0 saturated heterocycles. The molecule has 2 rings (SSSR count). The monoisotopic (exact) mass is 322 g/mol. The Morgan fingerprint density at radius 1 is 1.21 bits per heavy atom. The van der Waals surface area contributed by atoms with E-state index in [0.29, 0.717) is 0 Å². The van der Waals surface area contributed by atoms with Crippen molar-refractivity contribution in [1.82, 2.24) is 0 Å². The summed E-state index contributed by atoms with van der Waals surface area (Å²) in [5.74, 6) is -1.70. The highest BCUT2D eigenvalue weighted by atomic mass is 79.9. The average Bonchev–Trinajstić information content (AvgIpc) is 2.39. The van der Waals surface area contributed by atoms with Gasteiger partial charge in [0.15, 0.2) is 0 Å². The van der Waals surface area contributed by atoms with Crippen molar-refractivity contribution in [2.45, 2.75) is 12.8 Å². The highest BCUT2D eigenvalue weighted by Crippen LogP contribution is 2.31. The predicted octanol–water partition coefficient (Wildman–Crippen LogP) is 4.44. The van der Waals surface area contributed by atoms with Gasteiger partial charge < -0.3 is 5.11 Å². The Balaban J connectivity index is 2.39. The van der Waals surface area contributed by atoms with E-state index in [1.54, 1.807) is 31.2 Å². The lowest BCUT2D eigenvalue weighted by atomic mass is 9.97. The topological polar surface area (TPSA) is 37.3 Å². The molecule has 1 N–H and O–H groups in total. The van der Waals surface area contributed by atoms with Crippen LogP contribution in [-0.4, -0.2) is 11.1 Å². The van der Waals surface area contributed by atoms with Crippen molar-refractivity contribution in [1.29, 1.82) is 0 Å². The summed E-state index contributed by atoms with van der Waals surface area (Å²) in [4.78, 5) is 10.9. The first-order chi connectivity index (χ1) is 8.99. The Kier molecular flexibility index (Phi) is 4.00. The number of aliphatic carboxylic acids is 1. The fraction of sp³-hybridized carbons (Fsp3) is 0.133. The summed E-state index contributed by atoms with van der Waals surface area (Å²) in [5.41, 5.74) is 2.51. The zero-order valence-corrected chi connectivity index (χ0v) is 11.8. The molecule has 0 aromatic heterocycles. The van der Waals surface area contributed by atoms with Crippen molar-refractivity contribution in [3.05, 3.63) is 58.3 Å². The number of carboxylic acids is 1. The lowest BCUT2D eigenvalue weighted by Gasteiger charge is -2.10. The Hall–Kier alpha value is -1.68. The van der Waals surface area contributed by atoms with Crippen LogP contribution < -0.4 is 0 Å². The molecule has 0 bridgehead atoms. The van der Waals surface area contributed by atoms with Crippen LogP contribution in [-0.2, 0) is 4.79 Å². The molecule has 0 aliphatic heterocycles. The van der Waals surface area contributed by atoms with Gasteiger partial charge in [-0.25, -0.2) is 4.39 Å². The largest absolute Gasteiger partial charge is 0.481 e. The lowest BCUT2D eigenvalue weighted by molar-refractivity contribution is -0.138. The van der Waals surface area contributed by atoms with Crippen LogP contribution in [0.1, 0.15) is 18.4 Å². The smallest absolute Gasteiger partial charge is 0.310 e. The SMILES string of the molecule is CC(C(=O)O)c1ccc(-c2ccc(F)cc2)c(Br)c1. The van der Waals surface area contributed by atoms with Gasteiger partial charge in [0.1, 0.15) is 5.82 Å². The van der Waals surface area contributed by atoms with Gasteiger partial charge in [-0.05, 0) is 41.8 Å². The molecule has 2 aromatic rings. The van der Waals surface area contributed by atoms with Crippen LogP contribution in [0.3, 0.4) is 0 Å². The molecular weight excluding hydrogens is 311 g/mol.